The molecule has 0 amide bonds. The third kappa shape index (κ3) is 2.09. The zero-order valence-corrected chi connectivity index (χ0v) is 9.83. The van der Waals surface area contributed by atoms with Gasteiger partial charge in [-0.3, -0.25) is 0 Å². The molecule has 2 N–H and O–H groups in total. The van der Waals surface area contributed by atoms with Crippen LogP contribution >= 0.6 is 27.3 Å². The number of rotatable bonds is 3. The largest absolute Gasteiger partial charge is 0.330 e. The average molecular weight is 248 g/mol. The van der Waals surface area contributed by atoms with Crippen LogP contribution in [0.15, 0.2) is 15.2 Å². The number of thiophene rings is 1. The monoisotopic (exact) mass is 247 g/mol. The minimum absolute atomic E-state index is 0.202. The van der Waals surface area contributed by atoms with Gasteiger partial charge in [0.2, 0.25) is 0 Å². The van der Waals surface area contributed by atoms with Crippen LogP contribution in [0.2, 0.25) is 0 Å². The maximum Gasteiger partial charge on any atom is 0.0319 e. The highest BCUT2D eigenvalue weighted by Gasteiger charge is 2.22. The first-order chi connectivity index (χ1) is 5.58. The quantitative estimate of drug-likeness (QED) is 0.873. The molecule has 0 unspecified atom stereocenters. The standard InChI is InChI=1S/C9H14BrNS/c1-9(2,3-4-11)7-5-12-6-8(7)10/h5-6H,3-4,11H2,1-2H3. The van der Waals surface area contributed by atoms with Gasteiger partial charge < -0.3 is 5.73 Å². The first-order valence-electron chi connectivity index (χ1n) is 4.00. The van der Waals surface area contributed by atoms with Crippen LogP contribution in [0.5, 0.6) is 0 Å². The highest BCUT2D eigenvalue weighted by molar-refractivity contribution is 9.10. The molecule has 0 aliphatic rings. The van der Waals surface area contributed by atoms with E-state index in [0.717, 1.165) is 13.0 Å². The third-order valence-electron chi connectivity index (χ3n) is 2.11. The van der Waals surface area contributed by atoms with Crippen LogP contribution in [0.25, 0.3) is 0 Å². The van der Waals surface area contributed by atoms with Gasteiger partial charge in [0.1, 0.15) is 0 Å². The predicted octanol–water partition coefficient (Wildman–Crippen LogP) is 3.14. The second kappa shape index (κ2) is 3.90. The van der Waals surface area contributed by atoms with Gasteiger partial charge in [-0.15, -0.1) is 0 Å². The summed E-state index contributed by atoms with van der Waals surface area (Å²) in [4.78, 5) is 0. The Labute approximate surface area is 86.1 Å². The highest BCUT2D eigenvalue weighted by Crippen LogP contribution is 2.34. The number of hydrogen-bond acceptors (Lipinski definition) is 2. The Hall–Kier alpha value is 0.140. The molecule has 0 aromatic carbocycles. The molecule has 12 heavy (non-hydrogen) atoms. The fourth-order valence-electron chi connectivity index (χ4n) is 1.26. The Balaban J connectivity index is 2.88. The van der Waals surface area contributed by atoms with Gasteiger partial charge in [0.05, 0.1) is 0 Å². The summed E-state index contributed by atoms with van der Waals surface area (Å²) in [5, 5.41) is 4.31. The predicted molar refractivity (Wildman–Crippen MR) is 58.7 cm³/mol. The molecule has 1 nitrogen and oxygen atoms in total. The van der Waals surface area contributed by atoms with Crippen molar-refractivity contribution in [2.75, 3.05) is 6.54 Å². The van der Waals surface area contributed by atoms with Gasteiger partial charge in [0.25, 0.3) is 0 Å². The number of nitrogens with two attached hydrogens (primary N) is 1. The molecule has 3 heteroatoms. The van der Waals surface area contributed by atoms with Crippen molar-refractivity contribution in [2.45, 2.75) is 25.7 Å². The average Bonchev–Trinajstić information content (AvgIpc) is 2.35. The first kappa shape index (κ1) is 10.2. The van der Waals surface area contributed by atoms with Crippen molar-refractivity contribution in [1.29, 1.82) is 0 Å². The molecule has 0 fully saturated rings. The normalized spacial score (nSPS) is 12.0. The lowest BCUT2D eigenvalue weighted by molar-refractivity contribution is 0.487. The second-order valence-corrected chi connectivity index (χ2v) is 5.15. The van der Waals surface area contributed by atoms with Gasteiger partial charge in [-0.1, -0.05) is 13.8 Å². The molecule has 1 heterocycles. The van der Waals surface area contributed by atoms with E-state index in [1.54, 1.807) is 11.3 Å². The molecule has 1 aromatic heterocycles. The lowest BCUT2D eigenvalue weighted by Gasteiger charge is -2.23. The van der Waals surface area contributed by atoms with E-state index in [1.807, 2.05) is 0 Å². The lowest BCUT2D eigenvalue weighted by atomic mass is 9.83. The number of halogens is 1. The molecule has 68 valence electrons. The van der Waals surface area contributed by atoms with Gasteiger partial charge in [-0.05, 0) is 45.3 Å². The third-order valence-corrected chi connectivity index (χ3v) is 3.82. The van der Waals surface area contributed by atoms with E-state index in [9.17, 15) is 0 Å². The minimum atomic E-state index is 0.202. The maximum atomic E-state index is 5.56. The Kier molecular flexibility index (Phi) is 3.32. The van der Waals surface area contributed by atoms with E-state index in [0.29, 0.717) is 0 Å². The van der Waals surface area contributed by atoms with E-state index in [1.165, 1.54) is 10.0 Å². The fraction of sp³-hybridized carbons (Fsp3) is 0.556. The molecule has 0 aliphatic carbocycles. The second-order valence-electron chi connectivity index (χ2n) is 3.56. The highest BCUT2D eigenvalue weighted by atomic mass is 79.9. The van der Waals surface area contributed by atoms with Crippen molar-refractivity contribution in [3.8, 4) is 0 Å². The van der Waals surface area contributed by atoms with Crippen molar-refractivity contribution in [3.63, 3.8) is 0 Å². The van der Waals surface area contributed by atoms with E-state index in [4.69, 9.17) is 5.73 Å². The summed E-state index contributed by atoms with van der Waals surface area (Å²) in [6.07, 6.45) is 1.03. The molecule has 0 atom stereocenters. The van der Waals surface area contributed by atoms with Crippen LogP contribution in [0.4, 0.5) is 0 Å². The number of hydrogen-bond donors (Lipinski definition) is 1. The van der Waals surface area contributed by atoms with E-state index in [2.05, 4.69) is 40.5 Å². The molecule has 0 aliphatic heterocycles. The van der Waals surface area contributed by atoms with Gasteiger partial charge >= 0.3 is 0 Å². The Morgan fingerprint density at radius 2 is 2.17 bits per heavy atom. The molecule has 1 aromatic rings. The zero-order valence-electron chi connectivity index (χ0n) is 7.43. The van der Waals surface area contributed by atoms with Crippen LogP contribution in [0.3, 0.4) is 0 Å². The zero-order chi connectivity index (χ0) is 9.19. The Morgan fingerprint density at radius 1 is 1.50 bits per heavy atom. The summed E-state index contributed by atoms with van der Waals surface area (Å²) in [6, 6.07) is 0. The summed E-state index contributed by atoms with van der Waals surface area (Å²) >= 11 is 5.27. The van der Waals surface area contributed by atoms with Crippen molar-refractivity contribution in [1.82, 2.24) is 0 Å². The van der Waals surface area contributed by atoms with Crippen LogP contribution < -0.4 is 5.73 Å². The van der Waals surface area contributed by atoms with Crippen LogP contribution in [-0.4, -0.2) is 6.54 Å². The first-order valence-corrected chi connectivity index (χ1v) is 5.74. The summed E-state index contributed by atoms with van der Waals surface area (Å²) in [5.41, 5.74) is 7.13. The van der Waals surface area contributed by atoms with Crippen LogP contribution in [-0.2, 0) is 5.41 Å². The Bertz CT molecular complexity index is 255. The van der Waals surface area contributed by atoms with E-state index >= 15 is 0 Å². The van der Waals surface area contributed by atoms with E-state index < -0.39 is 0 Å². The van der Waals surface area contributed by atoms with E-state index in [-0.39, 0.29) is 5.41 Å². The summed E-state index contributed by atoms with van der Waals surface area (Å²) < 4.78 is 1.21. The van der Waals surface area contributed by atoms with Crippen molar-refractivity contribution >= 4 is 27.3 Å². The summed E-state index contributed by atoms with van der Waals surface area (Å²) in [6.45, 7) is 5.20. The smallest absolute Gasteiger partial charge is 0.0319 e. The minimum Gasteiger partial charge on any atom is -0.330 e. The molecule has 1 rings (SSSR count). The lowest BCUT2D eigenvalue weighted by Crippen LogP contribution is -2.21. The van der Waals surface area contributed by atoms with Gasteiger partial charge in [0.15, 0.2) is 0 Å². The van der Waals surface area contributed by atoms with Crippen LogP contribution in [0.1, 0.15) is 25.8 Å². The molecule has 0 saturated carbocycles. The van der Waals surface area contributed by atoms with Gasteiger partial charge in [-0.25, -0.2) is 0 Å². The molecule has 0 radical (unpaired) electrons. The van der Waals surface area contributed by atoms with Crippen LogP contribution in [0, 0.1) is 0 Å². The van der Waals surface area contributed by atoms with Crippen molar-refractivity contribution < 1.29 is 0 Å². The van der Waals surface area contributed by atoms with Gasteiger partial charge in [0, 0.05) is 9.85 Å². The van der Waals surface area contributed by atoms with Crippen molar-refractivity contribution in [3.05, 3.63) is 20.8 Å². The topological polar surface area (TPSA) is 26.0 Å². The maximum absolute atomic E-state index is 5.56. The summed E-state index contributed by atoms with van der Waals surface area (Å²) in [7, 11) is 0. The molecule has 0 saturated heterocycles. The van der Waals surface area contributed by atoms with Gasteiger partial charge in [-0.2, -0.15) is 11.3 Å². The molecule has 0 spiro atoms. The molecular formula is C9H14BrNS. The Morgan fingerprint density at radius 3 is 2.58 bits per heavy atom. The molecule has 0 bridgehead atoms. The summed E-state index contributed by atoms with van der Waals surface area (Å²) in [5.74, 6) is 0. The molecular weight excluding hydrogens is 234 g/mol. The van der Waals surface area contributed by atoms with Crippen molar-refractivity contribution in [2.24, 2.45) is 5.73 Å². The SMILES string of the molecule is CC(C)(CCN)c1cscc1Br. The fourth-order valence-corrected chi connectivity index (χ4v) is 3.28.